The van der Waals surface area contributed by atoms with Crippen molar-refractivity contribution >= 4 is 5.69 Å². The number of hydrogen-bond acceptors (Lipinski definition) is 3. The Morgan fingerprint density at radius 2 is 2.33 bits per heavy atom. The standard InChI is InChI=1S/C12H18N2O/c1-10-4-2-3-5-12(10)14-8-11-9-15-7-6-13-11/h2-5,11,13-14H,6-9H2,1H3/t11-/m1/s1. The molecule has 0 aromatic heterocycles. The van der Waals surface area contributed by atoms with Gasteiger partial charge in [0.25, 0.3) is 0 Å². The minimum absolute atomic E-state index is 0.429. The zero-order valence-corrected chi connectivity index (χ0v) is 9.12. The zero-order chi connectivity index (χ0) is 10.5. The van der Waals surface area contributed by atoms with Gasteiger partial charge in [-0.25, -0.2) is 0 Å². The predicted octanol–water partition coefficient (Wildman–Crippen LogP) is 1.40. The summed E-state index contributed by atoms with van der Waals surface area (Å²) in [4.78, 5) is 0. The highest BCUT2D eigenvalue weighted by Crippen LogP contribution is 2.12. The Balaban J connectivity index is 1.84. The highest BCUT2D eigenvalue weighted by Gasteiger charge is 2.12. The van der Waals surface area contributed by atoms with Gasteiger partial charge in [-0.3, -0.25) is 0 Å². The summed E-state index contributed by atoms with van der Waals surface area (Å²) in [5, 5.41) is 6.86. The first-order valence-electron chi connectivity index (χ1n) is 5.47. The molecule has 0 aliphatic carbocycles. The van der Waals surface area contributed by atoms with Gasteiger partial charge >= 0.3 is 0 Å². The van der Waals surface area contributed by atoms with Gasteiger partial charge in [0.2, 0.25) is 0 Å². The molecule has 0 amide bonds. The molecular formula is C12H18N2O. The normalized spacial score (nSPS) is 21.3. The molecule has 82 valence electrons. The van der Waals surface area contributed by atoms with E-state index in [1.807, 2.05) is 0 Å². The van der Waals surface area contributed by atoms with Crippen molar-refractivity contribution in [3.05, 3.63) is 29.8 Å². The third kappa shape index (κ3) is 2.94. The lowest BCUT2D eigenvalue weighted by Gasteiger charge is -2.24. The van der Waals surface area contributed by atoms with E-state index in [9.17, 15) is 0 Å². The lowest BCUT2D eigenvalue weighted by atomic mass is 10.2. The van der Waals surface area contributed by atoms with Crippen LogP contribution in [0.15, 0.2) is 24.3 Å². The first-order valence-corrected chi connectivity index (χ1v) is 5.47. The fourth-order valence-corrected chi connectivity index (χ4v) is 1.76. The molecule has 1 saturated heterocycles. The summed E-state index contributed by atoms with van der Waals surface area (Å²) < 4.78 is 5.40. The van der Waals surface area contributed by atoms with Gasteiger partial charge in [-0.15, -0.1) is 0 Å². The fourth-order valence-electron chi connectivity index (χ4n) is 1.76. The second-order valence-electron chi connectivity index (χ2n) is 3.92. The smallest absolute Gasteiger partial charge is 0.0637 e. The van der Waals surface area contributed by atoms with E-state index in [0.29, 0.717) is 6.04 Å². The summed E-state index contributed by atoms with van der Waals surface area (Å²) in [6, 6.07) is 8.77. The van der Waals surface area contributed by atoms with Crippen molar-refractivity contribution in [3.63, 3.8) is 0 Å². The average Bonchev–Trinajstić information content (AvgIpc) is 2.29. The minimum atomic E-state index is 0.429. The molecule has 1 aromatic carbocycles. The Bertz CT molecular complexity index is 308. The maximum absolute atomic E-state index is 5.40. The fraction of sp³-hybridized carbons (Fsp3) is 0.500. The average molecular weight is 206 g/mol. The molecule has 0 unspecified atom stereocenters. The molecule has 0 spiro atoms. The SMILES string of the molecule is Cc1ccccc1NC[C@@H]1COCCN1. The van der Waals surface area contributed by atoms with Gasteiger partial charge in [-0.1, -0.05) is 18.2 Å². The number of benzene rings is 1. The van der Waals surface area contributed by atoms with Gasteiger partial charge in [0.05, 0.1) is 13.2 Å². The first kappa shape index (κ1) is 10.5. The molecule has 1 heterocycles. The largest absolute Gasteiger partial charge is 0.383 e. The molecule has 0 radical (unpaired) electrons. The van der Waals surface area contributed by atoms with Crippen molar-refractivity contribution in [3.8, 4) is 0 Å². The van der Waals surface area contributed by atoms with E-state index >= 15 is 0 Å². The van der Waals surface area contributed by atoms with Crippen LogP contribution in [0.5, 0.6) is 0 Å². The Labute approximate surface area is 90.8 Å². The molecule has 1 aliphatic rings. The van der Waals surface area contributed by atoms with Crippen LogP contribution in [-0.2, 0) is 4.74 Å². The lowest BCUT2D eigenvalue weighted by Crippen LogP contribution is -2.45. The van der Waals surface area contributed by atoms with E-state index in [4.69, 9.17) is 4.74 Å². The van der Waals surface area contributed by atoms with Crippen LogP contribution in [0.3, 0.4) is 0 Å². The van der Waals surface area contributed by atoms with Crippen molar-refractivity contribution in [2.24, 2.45) is 0 Å². The molecule has 1 fully saturated rings. The minimum Gasteiger partial charge on any atom is -0.383 e. The summed E-state index contributed by atoms with van der Waals surface area (Å²) in [5.41, 5.74) is 2.50. The molecule has 0 saturated carbocycles. The molecule has 0 bridgehead atoms. The van der Waals surface area contributed by atoms with Crippen LogP contribution in [0.2, 0.25) is 0 Å². The molecule has 2 N–H and O–H groups in total. The third-order valence-electron chi connectivity index (χ3n) is 2.68. The van der Waals surface area contributed by atoms with Crippen LogP contribution in [0.4, 0.5) is 5.69 Å². The Morgan fingerprint density at radius 1 is 1.47 bits per heavy atom. The number of rotatable bonds is 3. The maximum atomic E-state index is 5.40. The van der Waals surface area contributed by atoms with E-state index in [1.54, 1.807) is 0 Å². The maximum Gasteiger partial charge on any atom is 0.0637 e. The van der Waals surface area contributed by atoms with E-state index in [-0.39, 0.29) is 0 Å². The quantitative estimate of drug-likeness (QED) is 0.784. The van der Waals surface area contributed by atoms with Gasteiger partial charge in [0, 0.05) is 24.8 Å². The first-order chi connectivity index (χ1) is 7.36. The highest BCUT2D eigenvalue weighted by atomic mass is 16.5. The molecule has 1 atom stereocenters. The van der Waals surface area contributed by atoms with E-state index in [0.717, 1.165) is 26.3 Å². The monoisotopic (exact) mass is 206 g/mol. The van der Waals surface area contributed by atoms with Crippen molar-refractivity contribution in [2.75, 3.05) is 31.6 Å². The molecule has 3 heteroatoms. The number of ether oxygens (including phenoxy) is 1. The Morgan fingerprint density at radius 3 is 3.07 bits per heavy atom. The van der Waals surface area contributed by atoms with Crippen molar-refractivity contribution in [1.29, 1.82) is 0 Å². The molecule has 3 nitrogen and oxygen atoms in total. The van der Waals surface area contributed by atoms with Gasteiger partial charge in [0.15, 0.2) is 0 Å². The summed E-state index contributed by atoms with van der Waals surface area (Å²) >= 11 is 0. The number of aryl methyl sites for hydroxylation is 1. The number of nitrogens with one attached hydrogen (secondary N) is 2. The number of hydrogen-bond donors (Lipinski definition) is 2. The van der Waals surface area contributed by atoms with Crippen LogP contribution in [0, 0.1) is 6.92 Å². The van der Waals surface area contributed by atoms with Gasteiger partial charge in [0.1, 0.15) is 0 Å². The molecular weight excluding hydrogens is 188 g/mol. The number of morpholine rings is 1. The van der Waals surface area contributed by atoms with Crippen LogP contribution in [-0.4, -0.2) is 32.3 Å². The Kier molecular flexibility index (Phi) is 3.59. The second kappa shape index (κ2) is 5.14. The topological polar surface area (TPSA) is 33.3 Å². The van der Waals surface area contributed by atoms with Crippen LogP contribution in [0.25, 0.3) is 0 Å². The van der Waals surface area contributed by atoms with E-state index < -0.39 is 0 Å². The second-order valence-corrected chi connectivity index (χ2v) is 3.92. The number of anilines is 1. The predicted molar refractivity (Wildman–Crippen MR) is 62.3 cm³/mol. The molecule has 15 heavy (non-hydrogen) atoms. The molecule has 1 aromatic rings. The Hall–Kier alpha value is -1.06. The van der Waals surface area contributed by atoms with Crippen LogP contribution < -0.4 is 10.6 Å². The third-order valence-corrected chi connectivity index (χ3v) is 2.68. The van der Waals surface area contributed by atoms with Gasteiger partial charge in [-0.2, -0.15) is 0 Å². The summed E-state index contributed by atoms with van der Waals surface area (Å²) in [6.07, 6.45) is 0. The molecule has 1 aliphatic heterocycles. The van der Waals surface area contributed by atoms with Gasteiger partial charge in [-0.05, 0) is 18.6 Å². The summed E-state index contributed by atoms with van der Waals surface area (Å²) in [5.74, 6) is 0. The van der Waals surface area contributed by atoms with Crippen molar-refractivity contribution in [1.82, 2.24) is 5.32 Å². The van der Waals surface area contributed by atoms with E-state index in [2.05, 4.69) is 41.8 Å². The van der Waals surface area contributed by atoms with Gasteiger partial charge < -0.3 is 15.4 Å². The zero-order valence-electron chi connectivity index (χ0n) is 9.12. The van der Waals surface area contributed by atoms with Crippen molar-refractivity contribution < 1.29 is 4.74 Å². The summed E-state index contributed by atoms with van der Waals surface area (Å²) in [7, 11) is 0. The van der Waals surface area contributed by atoms with Crippen LogP contribution >= 0.6 is 0 Å². The lowest BCUT2D eigenvalue weighted by molar-refractivity contribution is 0.0806. The highest BCUT2D eigenvalue weighted by molar-refractivity contribution is 5.50. The molecule has 2 rings (SSSR count). The number of para-hydroxylation sites is 1. The van der Waals surface area contributed by atoms with E-state index in [1.165, 1.54) is 11.3 Å². The summed E-state index contributed by atoms with van der Waals surface area (Å²) in [6.45, 7) is 5.64. The van der Waals surface area contributed by atoms with Crippen molar-refractivity contribution in [2.45, 2.75) is 13.0 Å². The van der Waals surface area contributed by atoms with Crippen LogP contribution in [0.1, 0.15) is 5.56 Å².